The van der Waals surface area contributed by atoms with Gasteiger partial charge in [-0.1, -0.05) is 86.5 Å². The highest BCUT2D eigenvalue weighted by atomic mass is 19.1. The van der Waals surface area contributed by atoms with E-state index in [0.717, 1.165) is 48.8 Å². The summed E-state index contributed by atoms with van der Waals surface area (Å²) < 4.78 is 13.6. The maximum Gasteiger partial charge on any atom is 0.243 e. The first kappa shape index (κ1) is 26.6. The minimum Gasteiger partial charge on any atom is -0.352 e. The lowest BCUT2D eigenvalue weighted by Crippen LogP contribution is -2.52. The smallest absolute Gasteiger partial charge is 0.243 e. The van der Waals surface area contributed by atoms with Gasteiger partial charge in [-0.2, -0.15) is 0 Å². The molecular formula is C32H37FN2O2. The molecule has 4 rings (SSSR count). The summed E-state index contributed by atoms with van der Waals surface area (Å²) in [7, 11) is 0. The summed E-state index contributed by atoms with van der Waals surface area (Å²) in [6.45, 7) is 2.37. The number of benzene rings is 3. The van der Waals surface area contributed by atoms with Crippen LogP contribution in [0, 0.1) is 5.82 Å². The van der Waals surface area contributed by atoms with E-state index in [1.165, 1.54) is 17.7 Å². The fourth-order valence-electron chi connectivity index (χ4n) is 5.04. The number of nitrogens with zero attached hydrogens (tertiary/aromatic N) is 1. The molecule has 1 aliphatic rings. The molecule has 0 radical (unpaired) electrons. The van der Waals surface area contributed by atoms with Crippen LogP contribution in [0.4, 0.5) is 4.39 Å². The average molecular weight is 501 g/mol. The fourth-order valence-corrected chi connectivity index (χ4v) is 5.04. The second kappa shape index (κ2) is 13.2. The molecule has 0 spiro atoms. The molecule has 3 aromatic rings. The molecule has 1 aliphatic carbocycles. The van der Waals surface area contributed by atoms with Crippen LogP contribution in [-0.4, -0.2) is 28.8 Å². The van der Waals surface area contributed by atoms with Crippen molar-refractivity contribution in [2.45, 2.75) is 76.9 Å². The summed E-state index contributed by atoms with van der Waals surface area (Å²) in [4.78, 5) is 29.1. The summed E-state index contributed by atoms with van der Waals surface area (Å²) in [6.07, 6.45) is 6.48. The predicted octanol–water partition coefficient (Wildman–Crippen LogP) is 6.02. The molecule has 4 nitrogen and oxygen atoms in total. The van der Waals surface area contributed by atoms with E-state index in [4.69, 9.17) is 0 Å². The molecule has 37 heavy (non-hydrogen) atoms. The number of hydrogen-bond donors (Lipinski definition) is 1. The van der Waals surface area contributed by atoms with Crippen molar-refractivity contribution in [3.8, 4) is 0 Å². The van der Waals surface area contributed by atoms with Crippen molar-refractivity contribution >= 4 is 11.8 Å². The molecule has 2 amide bonds. The molecule has 0 aliphatic heterocycles. The molecular weight excluding hydrogens is 463 g/mol. The largest absolute Gasteiger partial charge is 0.352 e. The average Bonchev–Trinajstić information content (AvgIpc) is 3.44. The van der Waals surface area contributed by atoms with Crippen molar-refractivity contribution < 1.29 is 14.0 Å². The summed E-state index contributed by atoms with van der Waals surface area (Å²) in [5.74, 6) is -0.512. The van der Waals surface area contributed by atoms with Crippen LogP contribution in [0.2, 0.25) is 0 Å². The third-order valence-electron chi connectivity index (χ3n) is 7.30. The summed E-state index contributed by atoms with van der Waals surface area (Å²) in [5, 5.41) is 3.22. The SMILES string of the molecule is CCc1ccc(CCC(=O)N(Cc2ccc(F)cc2)[C@H](Cc2ccccc2)C(=O)NC2CCCC2)cc1. The molecule has 1 atom stereocenters. The zero-order valence-corrected chi connectivity index (χ0v) is 21.7. The van der Waals surface area contributed by atoms with Crippen LogP contribution in [0.3, 0.4) is 0 Å². The van der Waals surface area contributed by atoms with Gasteiger partial charge < -0.3 is 10.2 Å². The molecule has 5 heteroatoms. The van der Waals surface area contributed by atoms with Crippen LogP contribution in [0.15, 0.2) is 78.9 Å². The number of hydrogen-bond acceptors (Lipinski definition) is 2. The Morgan fingerprint density at radius 1 is 0.865 bits per heavy atom. The van der Waals surface area contributed by atoms with Crippen LogP contribution in [0.25, 0.3) is 0 Å². The Hall–Kier alpha value is -3.47. The highest BCUT2D eigenvalue weighted by Crippen LogP contribution is 2.21. The topological polar surface area (TPSA) is 49.4 Å². The van der Waals surface area contributed by atoms with E-state index in [0.29, 0.717) is 19.3 Å². The zero-order chi connectivity index (χ0) is 26.0. The van der Waals surface area contributed by atoms with Crippen molar-refractivity contribution in [1.82, 2.24) is 10.2 Å². The van der Waals surface area contributed by atoms with Crippen molar-refractivity contribution in [2.75, 3.05) is 0 Å². The van der Waals surface area contributed by atoms with E-state index < -0.39 is 6.04 Å². The molecule has 194 valence electrons. The van der Waals surface area contributed by atoms with Gasteiger partial charge >= 0.3 is 0 Å². The minimum atomic E-state index is -0.650. The number of halogens is 1. The van der Waals surface area contributed by atoms with Crippen LogP contribution in [0.5, 0.6) is 0 Å². The van der Waals surface area contributed by atoms with Gasteiger partial charge in [0, 0.05) is 25.4 Å². The van der Waals surface area contributed by atoms with Crippen LogP contribution in [-0.2, 0) is 35.4 Å². The Balaban J connectivity index is 1.58. The second-order valence-corrected chi connectivity index (χ2v) is 10.0. The molecule has 0 saturated heterocycles. The van der Waals surface area contributed by atoms with Crippen molar-refractivity contribution in [2.24, 2.45) is 0 Å². The zero-order valence-electron chi connectivity index (χ0n) is 21.7. The molecule has 1 N–H and O–H groups in total. The predicted molar refractivity (Wildman–Crippen MR) is 145 cm³/mol. The maximum atomic E-state index is 13.8. The minimum absolute atomic E-state index is 0.0774. The number of aryl methyl sites for hydroxylation is 2. The third-order valence-corrected chi connectivity index (χ3v) is 7.30. The highest BCUT2D eigenvalue weighted by Gasteiger charge is 2.32. The molecule has 0 bridgehead atoms. The van der Waals surface area contributed by atoms with Gasteiger partial charge in [-0.15, -0.1) is 0 Å². The van der Waals surface area contributed by atoms with Crippen LogP contribution >= 0.6 is 0 Å². The highest BCUT2D eigenvalue weighted by molar-refractivity contribution is 5.88. The molecule has 1 fully saturated rings. The number of rotatable bonds is 11. The van der Waals surface area contributed by atoms with E-state index in [2.05, 4.69) is 36.5 Å². The fraction of sp³-hybridized carbons (Fsp3) is 0.375. The standard InChI is InChI=1S/C32H37FN2O2/c1-2-24-12-14-25(15-13-24)18-21-31(36)35(23-27-16-19-28(33)20-17-27)30(22-26-8-4-3-5-9-26)32(37)34-29-10-6-7-11-29/h3-5,8-9,12-17,19-20,29-30H,2,6-7,10-11,18,21-23H2,1H3,(H,34,37)/t30-/m1/s1. The van der Waals surface area contributed by atoms with Gasteiger partial charge in [0.05, 0.1) is 0 Å². The lowest BCUT2D eigenvalue weighted by Gasteiger charge is -2.32. The Morgan fingerprint density at radius 2 is 1.49 bits per heavy atom. The Labute approximate surface area is 219 Å². The quantitative estimate of drug-likeness (QED) is 0.350. The van der Waals surface area contributed by atoms with Gasteiger partial charge in [0.2, 0.25) is 11.8 Å². The van der Waals surface area contributed by atoms with E-state index in [1.54, 1.807) is 17.0 Å². The molecule has 0 unspecified atom stereocenters. The van der Waals surface area contributed by atoms with E-state index in [9.17, 15) is 14.0 Å². The van der Waals surface area contributed by atoms with E-state index >= 15 is 0 Å². The Morgan fingerprint density at radius 3 is 2.14 bits per heavy atom. The Kier molecular flexibility index (Phi) is 9.47. The third kappa shape index (κ3) is 7.75. The lowest BCUT2D eigenvalue weighted by molar-refractivity contribution is -0.141. The summed E-state index contributed by atoms with van der Waals surface area (Å²) >= 11 is 0. The van der Waals surface area contributed by atoms with E-state index in [1.807, 2.05) is 30.3 Å². The first-order valence-electron chi connectivity index (χ1n) is 13.5. The normalized spacial score (nSPS) is 14.3. The van der Waals surface area contributed by atoms with Crippen molar-refractivity contribution in [3.05, 3.63) is 107 Å². The lowest BCUT2D eigenvalue weighted by atomic mass is 10.0. The first-order valence-corrected chi connectivity index (χ1v) is 13.5. The van der Waals surface area contributed by atoms with E-state index in [-0.39, 0.29) is 30.2 Å². The number of carbonyl (C=O) groups excluding carboxylic acids is 2. The van der Waals surface area contributed by atoms with Crippen LogP contribution < -0.4 is 5.32 Å². The maximum absolute atomic E-state index is 13.8. The summed E-state index contributed by atoms with van der Waals surface area (Å²) in [6, 6.07) is 23.9. The Bertz CT molecular complexity index is 1140. The summed E-state index contributed by atoms with van der Waals surface area (Å²) in [5.41, 5.74) is 4.16. The van der Waals surface area contributed by atoms with Gasteiger partial charge in [0.1, 0.15) is 11.9 Å². The van der Waals surface area contributed by atoms with Gasteiger partial charge in [0.25, 0.3) is 0 Å². The first-order chi connectivity index (χ1) is 18.0. The van der Waals surface area contributed by atoms with Gasteiger partial charge in [-0.3, -0.25) is 9.59 Å². The number of nitrogens with one attached hydrogen (secondary N) is 1. The van der Waals surface area contributed by atoms with Gasteiger partial charge in [-0.25, -0.2) is 4.39 Å². The van der Waals surface area contributed by atoms with Gasteiger partial charge in [0.15, 0.2) is 0 Å². The number of carbonyl (C=O) groups is 2. The monoisotopic (exact) mass is 500 g/mol. The van der Waals surface area contributed by atoms with Crippen molar-refractivity contribution in [1.29, 1.82) is 0 Å². The molecule has 3 aromatic carbocycles. The number of amides is 2. The second-order valence-electron chi connectivity index (χ2n) is 10.0. The van der Waals surface area contributed by atoms with Crippen LogP contribution in [0.1, 0.15) is 61.3 Å². The molecule has 1 saturated carbocycles. The molecule has 0 heterocycles. The molecule has 0 aromatic heterocycles. The van der Waals surface area contributed by atoms with Gasteiger partial charge in [-0.05, 0) is 60.1 Å². The van der Waals surface area contributed by atoms with Crippen molar-refractivity contribution in [3.63, 3.8) is 0 Å².